The van der Waals surface area contributed by atoms with E-state index in [4.69, 9.17) is 8.53 Å². The van der Waals surface area contributed by atoms with Gasteiger partial charge in [-0.05, 0) is 186 Å². The molecule has 0 spiro atoms. The van der Waals surface area contributed by atoms with E-state index in [9.17, 15) is 2.74 Å². The van der Waals surface area contributed by atoms with E-state index < -0.39 is 6.04 Å². The van der Waals surface area contributed by atoms with Crippen molar-refractivity contribution in [2.24, 2.45) is 0 Å². The Kier molecular flexibility index (Phi) is 8.36. The molecule has 1 aromatic heterocycles. The van der Waals surface area contributed by atoms with Crippen molar-refractivity contribution in [3.05, 3.63) is 148 Å². The highest BCUT2D eigenvalue weighted by Crippen LogP contribution is 2.55. The molecule has 12 rings (SSSR count). The van der Waals surface area contributed by atoms with Crippen LogP contribution in [0.2, 0.25) is 0 Å². The van der Waals surface area contributed by atoms with Crippen LogP contribution in [-0.4, -0.2) is 6.71 Å². The predicted molar refractivity (Wildman–Crippen MR) is 300 cm³/mol. The third-order valence-corrected chi connectivity index (χ3v) is 18.5. The second-order valence-corrected chi connectivity index (χ2v) is 27.0. The average molecular weight is 928 g/mol. The molecule has 2 aliphatic heterocycles. The van der Waals surface area contributed by atoms with Gasteiger partial charge >= 0.3 is 0 Å². The Morgan fingerprint density at radius 3 is 1.47 bits per heavy atom. The fourth-order valence-corrected chi connectivity index (χ4v) is 13.5. The number of hydrogen-bond donors (Lipinski definition) is 0. The molecule has 7 aromatic rings. The summed E-state index contributed by atoms with van der Waals surface area (Å²) < 4.78 is 53.3. The first kappa shape index (κ1) is 40.2. The Labute approximate surface area is 427 Å². The first-order valence-corrected chi connectivity index (χ1v) is 26.3. The molecule has 0 atom stereocenters. The lowest BCUT2D eigenvalue weighted by Gasteiger charge is -2.47. The van der Waals surface area contributed by atoms with Crippen molar-refractivity contribution >= 4 is 68.4 Å². The van der Waals surface area contributed by atoms with Gasteiger partial charge in [-0.1, -0.05) is 164 Å². The summed E-state index contributed by atoms with van der Waals surface area (Å²) >= 11 is 0. The summed E-state index contributed by atoms with van der Waals surface area (Å²) in [5.74, 6) is 0.750. The minimum Gasteiger partial charge on any atom is -0.440 e. The minimum atomic E-state index is -0.402. The monoisotopic (exact) mass is 928 g/mol. The second-order valence-electron chi connectivity index (χ2n) is 27.0. The van der Waals surface area contributed by atoms with Crippen molar-refractivity contribution in [1.82, 2.24) is 0 Å². The van der Waals surface area contributed by atoms with E-state index in [1.807, 2.05) is 0 Å². The molecule has 3 nitrogen and oxygen atoms in total. The van der Waals surface area contributed by atoms with E-state index in [-0.39, 0.29) is 74.4 Å². The van der Waals surface area contributed by atoms with Crippen LogP contribution >= 0.6 is 0 Å². The Bertz CT molecular complexity index is 3610. The lowest BCUT2D eigenvalue weighted by atomic mass is 9.33. The molecule has 0 saturated carbocycles. The molecule has 5 aliphatic rings. The Hall–Kier alpha value is -5.48. The molecule has 0 fully saturated rings. The van der Waals surface area contributed by atoms with Gasteiger partial charge < -0.3 is 9.32 Å². The summed E-state index contributed by atoms with van der Waals surface area (Å²) in [7, 11) is 0. The number of fused-ring (bicyclic) bond motifs is 9. The summed E-state index contributed by atoms with van der Waals surface area (Å²) in [6.07, 6.45) is 6.48. The highest BCUT2D eigenvalue weighted by atomic mass is 16.4. The van der Waals surface area contributed by atoms with Crippen molar-refractivity contribution in [3.63, 3.8) is 0 Å². The molecule has 3 heterocycles. The van der Waals surface area contributed by atoms with Crippen molar-refractivity contribution < 1.29 is 11.3 Å². The number of anilines is 6. The van der Waals surface area contributed by atoms with Crippen molar-refractivity contribution in [3.8, 4) is 11.1 Å². The standard InChI is InChI=1S/C66H75BN2O/c1-60(2,3)42-21-24-45-56(35-42)70-59-57(45)67-52-38-50-51(66(14,15)32-31-65(50,12)13)39-53(52)68(43-22-25-46-48(36-43)63(8,9)29-27-61(46,4)5)54-33-41(40-19-17-16-18-20-40)34-55(58(54)67)69(59)44-23-26-47-49(37-44)64(10,11)30-28-62(47,6)7/h16-26,33-39H,27-32H2,1-15H3/i16D,17D,18D,19D,20D. The number of rotatable bonds is 3. The van der Waals surface area contributed by atoms with Gasteiger partial charge in [-0.25, -0.2) is 0 Å². The molecule has 0 unspecified atom stereocenters. The van der Waals surface area contributed by atoms with Gasteiger partial charge in [-0.15, -0.1) is 0 Å². The van der Waals surface area contributed by atoms with Gasteiger partial charge in [-0.2, -0.15) is 0 Å². The minimum absolute atomic E-state index is 0.00527. The van der Waals surface area contributed by atoms with E-state index >= 15 is 0 Å². The highest BCUT2D eigenvalue weighted by molar-refractivity contribution is 7.01. The lowest BCUT2D eigenvalue weighted by molar-refractivity contribution is 0.332. The smallest absolute Gasteiger partial charge is 0.257 e. The molecule has 0 amide bonds. The van der Waals surface area contributed by atoms with Crippen LogP contribution in [-0.2, 0) is 37.9 Å². The van der Waals surface area contributed by atoms with Crippen LogP contribution in [0, 0.1) is 0 Å². The molecule has 0 N–H and O–H groups in total. The topological polar surface area (TPSA) is 19.6 Å². The molecule has 6 aromatic carbocycles. The normalized spacial score (nSPS) is 21.5. The van der Waals surface area contributed by atoms with E-state index in [0.29, 0.717) is 5.56 Å². The van der Waals surface area contributed by atoms with Crippen LogP contribution < -0.4 is 26.2 Å². The third kappa shape index (κ3) is 6.66. The van der Waals surface area contributed by atoms with E-state index in [2.05, 4.69) is 193 Å². The van der Waals surface area contributed by atoms with Crippen LogP contribution in [0.4, 0.5) is 34.3 Å². The maximum Gasteiger partial charge on any atom is 0.257 e. The zero-order chi connectivity index (χ0) is 53.8. The van der Waals surface area contributed by atoms with Gasteiger partial charge in [-0.3, -0.25) is 4.90 Å². The largest absolute Gasteiger partial charge is 0.440 e. The summed E-state index contributed by atoms with van der Waals surface area (Å²) in [6, 6.07) is 28.8. The SMILES string of the molecule is [2H]c1c([2H])c([2H])c(-c2cc3c4c(c2)N(c2ccc5c(c2)C(C)(C)CCC5(C)C)c2oc5cc(C(C)(C)C)ccc5c2B4c2cc4c(cc2N3c2ccc3c(c2)C(C)(C)CCC3(C)C)C(C)(C)CCC4(C)C)c([2H])c1[2H]. The van der Waals surface area contributed by atoms with E-state index in [1.54, 1.807) is 0 Å². The average Bonchev–Trinajstić information content (AvgIpc) is 3.73. The molecule has 358 valence electrons. The summed E-state index contributed by atoms with van der Waals surface area (Å²) in [4.78, 5) is 4.81. The first-order chi connectivity index (χ1) is 34.8. The van der Waals surface area contributed by atoms with Gasteiger partial charge in [0.05, 0.1) is 6.85 Å². The number of furan rings is 1. The molecular formula is C66H75BN2O. The molecule has 4 heteroatoms. The zero-order valence-electron chi connectivity index (χ0n) is 49.6. The first-order valence-electron chi connectivity index (χ1n) is 28.8. The van der Waals surface area contributed by atoms with Crippen molar-refractivity contribution in [2.45, 2.75) is 180 Å². The molecule has 3 aliphatic carbocycles. The maximum absolute atomic E-state index is 9.54. The van der Waals surface area contributed by atoms with Gasteiger partial charge in [0.15, 0.2) is 0 Å². The number of hydrogen-bond acceptors (Lipinski definition) is 3. The molecular weight excluding hydrogens is 848 g/mol. The summed E-state index contributed by atoms with van der Waals surface area (Å²) in [6.45, 7) is 35.1. The summed E-state index contributed by atoms with van der Waals surface area (Å²) in [5.41, 5.74) is 18.9. The van der Waals surface area contributed by atoms with Crippen molar-refractivity contribution in [2.75, 3.05) is 9.80 Å². The Morgan fingerprint density at radius 2 is 0.943 bits per heavy atom. The Morgan fingerprint density at radius 1 is 0.471 bits per heavy atom. The lowest BCUT2D eigenvalue weighted by Crippen LogP contribution is -2.61. The van der Waals surface area contributed by atoms with Gasteiger partial charge in [0.1, 0.15) is 5.58 Å². The van der Waals surface area contributed by atoms with Crippen molar-refractivity contribution in [1.29, 1.82) is 0 Å². The predicted octanol–water partition coefficient (Wildman–Crippen LogP) is 16.5. The van der Waals surface area contributed by atoms with Crippen LogP contribution in [0.5, 0.6) is 0 Å². The molecule has 0 radical (unpaired) electrons. The van der Waals surface area contributed by atoms with Gasteiger partial charge in [0, 0.05) is 39.3 Å². The van der Waals surface area contributed by atoms with Crippen LogP contribution in [0.15, 0.2) is 113 Å². The third-order valence-electron chi connectivity index (χ3n) is 18.5. The fourth-order valence-electron chi connectivity index (χ4n) is 13.5. The van der Waals surface area contributed by atoms with Crippen LogP contribution in [0.1, 0.15) is 188 Å². The van der Waals surface area contributed by atoms with Gasteiger partial charge in [0.2, 0.25) is 5.88 Å². The second kappa shape index (κ2) is 14.6. The summed E-state index contributed by atoms with van der Waals surface area (Å²) in [5, 5.41) is 1.08. The molecule has 0 bridgehead atoms. The zero-order valence-corrected chi connectivity index (χ0v) is 44.6. The quantitative estimate of drug-likeness (QED) is 0.165. The van der Waals surface area contributed by atoms with Gasteiger partial charge in [0.25, 0.3) is 6.71 Å². The maximum atomic E-state index is 9.54. The number of nitrogens with zero attached hydrogens (tertiary/aromatic N) is 2. The van der Waals surface area contributed by atoms with Crippen LogP contribution in [0.25, 0.3) is 22.1 Å². The van der Waals surface area contributed by atoms with Crippen LogP contribution in [0.3, 0.4) is 0 Å². The van der Waals surface area contributed by atoms with E-state index in [1.165, 1.54) is 44.4 Å². The highest BCUT2D eigenvalue weighted by Gasteiger charge is 2.50. The fraction of sp³-hybridized carbons (Fsp3) is 0.424. The number of benzene rings is 6. The molecule has 70 heavy (non-hydrogen) atoms. The molecule has 0 saturated heterocycles. The Balaban J connectivity index is 1.27. The van der Waals surface area contributed by atoms with E-state index in [0.717, 1.165) is 94.7 Å².